The highest BCUT2D eigenvalue weighted by Gasteiger charge is 2.23. The fourth-order valence-corrected chi connectivity index (χ4v) is 3.55. The molecule has 0 saturated carbocycles. The van der Waals surface area contributed by atoms with Gasteiger partial charge in [-0.1, -0.05) is 18.2 Å². The van der Waals surface area contributed by atoms with E-state index in [1.54, 1.807) is 0 Å². The van der Waals surface area contributed by atoms with Crippen LogP contribution in [0, 0.1) is 19.8 Å². The van der Waals surface area contributed by atoms with Gasteiger partial charge in [-0.05, 0) is 68.0 Å². The lowest BCUT2D eigenvalue weighted by molar-refractivity contribution is 0.0944. The summed E-state index contributed by atoms with van der Waals surface area (Å²) in [5.41, 5.74) is 4.82. The Morgan fingerprint density at radius 2 is 1.93 bits per heavy atom. The highest BCUT2D eigenvalue weighted by molar-refractivity contribution is 5.94. The van der Waals surface area contributed by atoms with Gasteiger partial charge in [-0.2, -0.15) is 4.98 Å². The van der Waals surface area contributed by atoms with Crippen LogP contribution in [0.4, 0.5) is 6.01 Å². The summed E-state index contributed by atoms with van der Waals surface area (Å²) in [4.78, 5) is 19.2. The first kappa shape index (κ1) is 17.6. The van der Waals surface area contributed by atoms with Crippen LogP contribution < -0.4 is 10.2 Å². The van der Waals surface area contributed by atoms with Gasteiger partial charge < -0.3 is 14.6 Å². The number of fused-ring (bicyclic) bond motifs is 1. The SMILES string of the molecule is Cc1ccc(C(=O)NCC2CCN(c3nc4ccccc4o3)CC2)cc1C. The fourth-order valence-electron chi connectivity index (χ4n) is 3.55. The molecule has 27 heavy (non-hydrogen) atoms. The monoisotopic (exact) mass is 363 g/mol. The Bertz CT molecular complexity index is 922. The summed E-state index contributed by atoms with van der Waals surface area (Å²) in [7, 11) is 0. The summed E-state index contributed by atoms with van der Waals surface area (Å²) in [5.74, 6) is 0.501. The quantitative estimate of drug-likeness (QED) is 0.758. The molecule has 0 spiro atoms. The van der Waals surface area contributed by atoms with E-state index >= 15 is 0 Å². The van der Waals surface area contributed by atoms with Gasteiger partial charge in [0.05, 0.1) is 0 Å². The lowest BCUT2D eigenvalue weighted by Gasteiger charge is -2.30. The third-order valence-corrected chi connectivity index (χ3v) is 5.49. The van der Waals surface area contributed by atoms with E-state index in [0.717, 1.165) is 48.2 Å². The number of anilines is 1. The van der Waals surface area contributed by atoms with E-state index in [4.69, 9.17) is 4.42 Å². The normalized spacial score (nSPS) is 15.3. The van der Waals surface area contributed by atoms with Crippen molar-refractivity contribution in [1.82, 2.24) is 10.3 Å². The summed E-state index contributed by atoms with van der Waals surface area (Å²) < 4.78 is 5.86. The van der Waals surface area contributed by atoms with Gasteiger partial charge in [0.2, 0.25) is 0 Å². The van der Waals surface area contributed by atoms with Crippen LogP contribution in [-0.4, -0.2) is 30.5 Å². The van der Waals surface area contributed by atoms with E-state index in [-0.39, 0.29) is 5.91 Å². The van der Waals surface area contributed by atoms with Crippen molar-refractivity contribution in [2.75, 3.05) is 24.5 Å². The van der Waals surface area contributed by atoms with E-state index in [0.29, 0.717) is 18.5 Å². The third kappa shape index (κ3) is 3.82. The van der Waals surface area contributed by atoms with Crippen LogP contribution in [0.5, 0.6) is 0 Å². The minimum atomic E-state index is 0.0134. The summed E-state index contributed by atoms with van der Waals surface area (Å²) >= 11 is 0. The zero-order chi connectivity index (χ0) is 18.8. The van der Waals surface area contributed by atoms with Gasteiger partial charge in [0.15, 0.2) is 5.58 Å². The molecule has 1 aliphatic rings. The molecule has 1 saturated heterocycles. The molecule has 1 N–H and O–H groups in total. The number of hydrogen-bond acceptors (Lipinski definition) is 4. The molecule has 140 valence electrons. The molecular formula is C22H25N3O2. The maximum Gasteiger partial charge on any atom is 0.298 e. The van der Waals surface area contributed by atoms with Crippen LogP contribution in [-0.2, 0) is 0 Å². The van der Waals surface area contributed by atoms with Crippen LogP contribution >= 0.6 is 0 Å². The van der Waals surface area contributed by atoms with Crippen LogP contribution in [0.1, 0.15) is 34.3 Å². The van der Waals surface area contributed by atoms with Gasteiger partial charge in [0.1, 0.15) is 5.52 Å². The lowest BCUT2D eigenvalue weighted by atomic mass is 9.97. The average Bonchev–Trinajstić information content (AvgIpc) is 3.13. The number of amides is 1. The van der Waals surface area contributed by atoms with Crippen molar-refractivity contribution < 1.29 is 9.21 Å². The molecule has 0 aliphatic carbocycles. The van der Waals surface area contributed by atoms with Crippen molar-refractivity contribution in [2.45, 2.75) is 26.7 Å². The largest absolute Gasteiger partial charge is 0.423 e. The number of carbonyl (C=O) groups is 1. The van der Waals surface area contributed by atoms with Crippen molar-refractivity contribution in [3.05, 3.63) is 59.2 Å². The van der Waals surface area contributed by atoms with Crippen molar-refractivity contribution in [3.63, 3.8) is 0 Å². The molecule has 1 amide bonds. The summed E-state index contributed by atoms with van der Waals surface area (Å²) in [6, 6.07) is 14.4. The maximum atomic E-state index is 12.4. The highest BCUT2D eigenvalue weighted by atomic mass is 16.4. The number of piperidine rings is 1. The van der Waals surface area contributed by atoms with Gasteiger partial charge in [0.25, 0.3) is 11.9 Å². The Kier molecular flexibility index (Phi) is 4.84. The standard InChI is InChI=1S/C22H25N3O2/c1-15-7-8-18(13-16(15)2)21(26)23-14-17-9-11-25(12-10-17)22-24-19-5-3-4-6-20(19)27-22/h3-8,13,17H,9-12,14H2,1-2H3,(H,23,26). The second-order valence-corrected chi connectivity index (χ2v) is 7.40. The van der Waals surface area contributed by atoms with Gasteiger partial charge >= 0.3 is 0 Å². The first-order valence-electron chi connectivity index (χ1n) is 9.56. The maximum absolute atomic E-state index is 12.4. The predicted octanol–water partition coefficient (Wildman–Crippen LogP) is 4.09. The van der Waals surface area contributed by atoms with Gasteiger partial charge in [-0.25, -0.2) is 0 Å². The number of aromatic nitrogens is 1. The molecule has 0 radical (unpaired) electrons. The number of nitrogens with zero attached hydrogens (tertiary/aromatic N) is 2. The number of aryl methyl sites for hydroxylation is 2. The van der Waals surface area contributed by atoms with E-state index in [9.17, 15) is 4.79 Å². The van der Waals surface area contributed by atoms with E-state index in [1.165, 1.54) is 5.56 Å². The molecule has 1 aromatic heterocycles. The van der Waals surface area contributed by atoms with Crippen LogP contribution in [0.3, 0.4) is 0 Å². The number of oxazole rings is 1. The van der Waals surface area contributed by atoms with Gasteiger partial charge in [-0.15, -0.1) is 0 Å². The molecule has 3 aromatic rings. The minimum Gasteiger partial charge on any atom is -0.423 e. The van der Waals surface area contributed by atoms with Gasteiger partial charge in [-0.3, -0.25) is 4.79 Å². The topological polar surface area (TPSA) is 58.4 Å². The van der Waals surface area contributed by atoms with E-state index in [2.05, 4.69) is 22.1 Å². The number of carbonyl (C=O) groups excluding carboxylic acids is 1. The average molecular weight is 363 g/mol. The van der Waals surface area contributed by atoms with Gasteiger partial charge in [0, 0.05) is 25.2 Å². The molecule has 2 heterocycles. The number of nitrogens with one attached hydrogen (secondary N) is 1. The molecule has 2 aromatic carbocycles. The van der Waals surface area contributed by atoms with Crippen molar-refractivity contribution in [3.8, 4) is 0 Å². The lowest BCUT2D eigenvalue weighted by Crippen LogP contribution is -2.38. The molecule has 4 rings (SSSR count). The molecule has 0 atom stereocenters. The Morgan fingerprint density at radius 1 is 1.15 bits per heavy atom. The number of para-hydroxylation sites is 2. The second-order valence-electron chi connectivity index (χ2n) is 7.40. The van der Waals surface area contributed by atoms with E-state index in [1.807, 2.05) is 49.4 Å². The minimum absolute atomic E-state index is 0.0134. The first-order chi connectivity index (χ1) is 13.1. The van der Waals surface area contributed by atoms with Crippen LogP contribution in [0.25, 0.3) is 11.1 Å². The van der Waals surface area contributed by atoms with Crippen molar-refractivity contribution in [2.24, 2.45) is 5.92 Å². The summed E-state index contributed by atoms with van der Waals surface area (Å²) in [6.07, 6.45) is 2.04. The number of rotatable bonds is 4. The highest BCUT2D eigenvalue weighted by Crippen LogP contribution is 2.26. The fraction of sp³-hybridized carbons (Fsp3) is 0.364. The Hall–Kier alpha value is -2.82. The molecule has 5 nitrogen and oxygen atoms in total. The molecule has 1 fully saturated rings. The number of benzene rings is 2. The smallest absolute Gasteiger partial charge is 0.298 e. The Labute approximate surface area is 159 Å². The molecule has 1 aliphatic heterocycles. The molecule has 0 unspecified atom stereocenters. The Balaban J connectivity index is 1.30. The molecular weight excluding hydrogens is 338 g/mol. The third-order valence-electron chi connectivity index (χ3n) is 5.49. The van der Waals surface area contributed by atoms with E-state index < -0.39 is 0 Å². The zero-order valence-corrected chi connectivity index (χ0v) is 15.9. The first-order valence-corrected chi connectivity index (χ1v) is 9.56. The predicted molar refractivity (Wildman–Crippen MR) is 107 cm³/mol. The summed E-state index contributed by atoms with van der Waals surface area (Å²) in [6.45, 7) is 6.61. The Morgan fingerprint density at radius 3 is 2.67 bits per heavy atom. The van der Waals surface area contributed by atoms with Crippen LogP contribution in [0.15, 0.2) is 46.9 Å². The summed E-state index contributed by atoms with van der Waals surface area (Å²) in [5, 5.41) is 3.09. The van der Waals surface area contributed by atoms with Crippen LogP contribution in [0.2, 0.25) is 0 Å². The number of hydrogen-bond donors (Lipinski definition) is 1. The second kappa shape index (κ2) is 7.43. The van der Waals surface area contributed by atoms with Crippen molar-refractivity contribution in [1.29, 1.82) is 0 Å². The zero-order valence-electron chi connectivity index (χ0n) is 15.9. The molecule has 0 bridgehead atoms. The molecule has 5 heteroatoms. The van der Waals surface area contributed by atoms with Crippen molar-refractivity contribution >= 4 is 23.0 Å².